The Bertz CT molecular complexity index is 2360. The SMILES string of the molecule is C[C@@H](C(=O)O)N(C)C(=O)C1NC(=O)[C@@H](Cc2ccccc2)NC(=O)[C@H](Cc2ccc(-c3ccccc3)cc2)NC(=O)[C@@H](Cc2cccs2)NC(=O)CCC(=O)Nc2ccc1cc2. The van der Waals surface area contributed by atoms with E-state index < -0.39 is 71.6 Å². The Balaban J connectivity index is 1.39. The highest BCUT2D eigenvalue weighted by Gasteiger charge is 2.35. The number of carboxylic acid groups (broad SMARTS) is 1. The average Bonchev–Trinajstić information content (AvgIpc) is 3.80. The van der Waals surface area contributed by atoms with Gasteiger partial charge in [0, 0.05) is 49.7 Å². The molecule has 2 aliphatic rings. The Hall–Kier alpha value is -7.13. The van der Waals surface area contributed by atoms with Crippen LogP contribution in [0.2, 0.25) is 0 Å². The predicted octanol–water partition coefficient (Wildman–Crippen LogP) is 4.42. The molecule has 320 valence electrons. The minimum Gasteiger partial charge on any atom is -0.480 e. The molecule has 14 nitrogen and oxygen atoms in total. The van der Waals surface area contributed by atoms with Crippen LogP contribution in [0, 0.1) is 0 Å². The number of anilines is 1. The molecule has 6 amide bonds. The molecule has 15 heteroatoms. The molecule has 5 aromatic rings. The third kappa shape index (κ3) is 12.0. The highest BCUT2D eigenvalue weighted by Crippen LogP contribution is 2.23. The molecule has 0 aliphatic carbocycles. The van der Waals surface area contributed by atoms with Crippen molar-refractivity contribution in [3.63, 3.8) is 0 Å². The Labute approximate surface area is 363 Å². The van der Waals surface area contributed by atoms with Crippen molar-refractivity contribution in [1.29, 1.82) is 0 Å². The number of nitrogens with one attached hydrogen (secondary N) is 5. The van der Waals surface area contributed by atoms with Crippen LogP contribution in [0.4, 0.5) is 5.69 Å². The number of carbonyl (C=O) groups is 7. The van der Waals surface area contributed by atoms with Gasteiger partial charge in [-0.2, -0.15) is 0 Å². The van der Waals surface area contributed by atoms with Crippen molar-refractivity contribution in [3.05, 3.63) is 148 Å². The van der Waals surface area contributed by atoms with Crippen LogP contribution in [0.3, 0.4) is 0 Å². The topological polar surface area (TPSA) is 203 Å². The van der Waals surface area contributed by atoms with Crippen molar-refractivity contribution in [2.75, 3.05) is 12.4 Å². The standard InChI is InChI=1S/C47H48N6O8S/c1-29(47(60)61)53(2)46(59)42-34-19-21-35(22-20-34)48-40(54)23-24-41(55)49-39(28-36-14-9-25-62-36)44(57)50-37(27-31-15-17-33(18-16-31)32-12-7-4-8-13-32)43(56)51-38(45(58)52-42)26-30-10-5-3-6-11-30/h3-22,25,29,37-39,42H,23-24,26-28H2,1-2H3,(H,48,54)(H,49,55)(H,50,57)(H,51,56)(H,52,58)(H,60,61)/t29-,37-,38+,39+,42?/m0/s1. The molecular formula is C47H48N6O8S. The smallest absolute Gasteiger partial charge is 0.326 e. The van der Waals surface area contributed by atoms with E-state index in [1.807, 2.05) is 72.1 Å². The lowest BCUT2D eigenvalue weighted by Crippen LogP contribution is -2.58. The second kappa shape index (κ2) is 20.9. The number of thiophene rings is 1. The Kier molecular flexibility index (Phi) is 15.0. The number of aliphatic carboxylic acids is 1. The van der Waals surface area contributed by atoms with Crippen LogP contribution in [-0.2, 0) is 52.8 Å². The summed E-state index contributed by atoms with van der Waals surface area (Å²) in [7, 11) is 1.31. The molecule has 2 aliphatic heterocycles. The first-order chi connectivity index (χ1) is 29.8. The van der Waals surface area contributed by atoms with Crippen LogP contribution in [0.25, 0.3) is 11.1 Å². The number of amides is 6. The van der Waals surface area contributed by atoms with Crippen LogP contribution in [0.15, 0.2) is 127 Å². The number of carboxylic acids is 1. The van der Waals surface area contributed by atoms with E-state index in [0.717, 1.165) is 20.9 Å². The molecule has 7 rings (SSSR count). The van der Waals surface area contributed by atoms with Gasteiger partial charge in [0.25, 0.3) is 0 Å². The Morgan fingerprint density at radius 1 is 0.629 bits per heavy atom. The van der Waals surface area contributed by atoms with Gasteiger partial charge < -0.3 is 36.6 Å². The fourth-order valence-corrected chi connectivity index (χ4v) is 7.67. The third-order valence-corrected chi connectivity index (χ3v) is 11.5. The van der Waals surface area contributed by atoms with Crippen LogP contribution < -0.4 is 26.6 Å². The summed E-state index contributed by atoms with van der Waals surface area (Å²) in [5.74, 6) is -5.18. The van der Waals surface area contributed by atoms with Gasteiger partial charge in [-0.25, -0.2) is 4.79 Å². The normalized spacial score (nSPS) is 19.5. The van der Waals surface area contributed by atoms with E-state index in [9.17, 15) is 38.7 Å². The van der Waals surface area contributed by atoms with E-state index in [2.05, 4.69) is 26.6 Å². The fraction of sp³-hybridized carbons (Fsp3) is 0.255. The van der Waals surface area contributed by atoms with Gasteiger partial charge in [0.15, 0.2) is 0 Å². The van der Waals surface area contributed by atoms with E-state index in [4.69, 9.17) is 0 Å². The molecule has 3 heterocycles. The largest absolute Gasteiger partial charge is 0.480 e. The molecule has 0 saturated heterocycles. The van der Waals surface area contributed by atoms with Gasteiger partial charge in [0.1, 0.15) is 30.2 Å². The average molecular weight is 857 g/mol. The molecule has 0 spiro atoms. The van der Waals surface area contributed by atoms with E-state index in [1.165, 1.54) is 49.6 Å². The van der Waals surface area contributed by atoms with Gasteiger partial charge in [0.2, 0.25) is 35.4 Å². The number of rotatable bonds is 10. The minimum absolute atomic E-state index is 0.00249. The first-order valence-electron chi connectivity index (χ1n) is 20.1. The summed E-state index contributed by atoms with van der Waals surface area (Å²) in [4.78, 5) is 97.5. The fourth-order valence-electron chi connectivity index (χ4n) is 6.92. The van der Waals surface area contributed by atoms with Gasteiger partial charge in [0.05, 0.1) is 0 Å². The van der Waals surface area contributed by atoms with Gasteiger partial charge in [-0.15, -0.1) is 11.3 Å². The summed E-state index contributed by atoms with van der Waals surface area (Å²) in [5.41, 5.74) is 3.90. The van der Waals surface area contributed by atoms with Crippen LogP contribution in [0.1, 0.15) is 47.4 Å². The maximum atomic E-state index is 14.6. The van der Waals surface area contributed by atoms with Crippen molar-refractivity contribution in [3.8, 4) is 11.1 Å². The number of hydrogen-bond acceptors (Lipinski definition) is 8. The maximum Gasteiger partial charge on any atom is 0.326 e. The van der Waals surface area contributed by atoms with Crippen molar-refractivity contribution < 1.29 is 38.7 Å². The second-order valence-electron chi connectivity index (χ2n) is 15.1. The first-order valence-corrected chi connectivity index (χ1v) is 21.0. The minimum atomic E-state index is -1.42. The Morgan fingerprint density at radius 2 is 1.16 bits per heavy atom. The van der Waals surface area contributed by atoms with Crippen LogP contribution >= 0.6 is 11.3 Å². The zero-order valence-electron chi connectivity index (χ0n) is 34.2. The molecular weight excluding hydrogens is 809 g/mol. The zero-order valence-corrected chi connectivity index (χ0v) is 35.0. The highest BCUT2D eigenvalue weighted by atomic mass is 32.1. The first kappa shape index (κ1) is 44.4. The number of nitrogens with zero attached hydrogens (tertiary/aromatic N) is 1. The molecule has 0 saturated carbocycles. The molecule has 0 radical (unpaired) electrons. The zero-order chi connectivity index (χ0) is 44.2. The summed E-state index contributed by atoms with van der Waals surface area (Å²) in [5, 5.41) is 25.5. The van der Waals surface area contributed by atoms with E-state index in [1.54, 1.807) is 30.3 Å². The summed E-state index contributed by atoms with van der Waals surface area (Å²) < 4.78 is 0. The van der Waals surface area contributed by atoms with Crippen molar-refractivity contribution in [2.24, 2.45) is 0 Å². The molecule has 1 unspecified atom stereocenters. The lowest BCUT2D eigenvalue weighted by atomic mass is 9.98. The summed E-state index contributed by atoms with van der Waals surface area (Å²) in [6.07, 6.45) is -0.375. The van der Waals surface area contributed by atoms with Crippen LogP contribution in [0.5, 0.6) is 0 Å². The van der Waals surface area contributed by atoms with E-state index >= 15 is 0 Å². The van der Waals surface area contributed by atoms with Crippen LogP contribution in [-0.4, -0.2) is 82.6 Å². The van der Waals surface area contributed by atoms with Gasteiger partial charge in [-0.3, -0.25) is 28.8 Å². The van der Waals surface area contributed by atoms with E-state index in [0.29, 0.717) is 16.8 Å². The number of benzene rings is 4. The quantitative estimate of drug-likeness (QED) is 0.111. The second-order valence-corrected chi connectivity index (χ2v) is 16.1. The summed E-state index contributed by atoms with van der Waals surface area (Å²) >= 11 is 1.39. The summed E-state index contributed by atoms with van der Waals surface area (Å²) in [6.45, 7) is 1.33. The lowest BCUT2D eigenvalue weighted by Gasteiger charge is -2.30. The Morgan fingerprint density at radius 3 is 1.74 bits per heavy atom. The maximum absolute atomic E-state index is 14.6. The van der Waals surface area contributed by atoms with Crippen molar-refractivity contribution in [2.45, 2.75) is 69.2 Å². The van der Waals surface area contributed by atoms with E-state index in [-0.39, 0.29) is 37.7 Å². The predicted molar refractivity (Wildman–Crippen MR) is 235 cm³/mol. The van der Waals surface area contributed by atoms with Crippen molar-refractivity contribution in [1.82, 2.24) is 26.2 Å². The third-order valence-electron chi connectivity index (χ3n) is 10.6. The number of hydrogen-bond donors (Lipinski definition) is 6. The highest BCUT2D eigenvalue weighted by molar-refractivity contribution is 7.09. The number of fused-ring (bicyclic) bond motifs is 17. The molecule has 4 aromatic carbocycles. The van der Waals surface area contributed by atoms with Gasteiger partial charge in [-0.1, -0.05) is 103 Å². The van der Waals surface area contributed by atoms with Crippen molar-refractivity contribution >= 4 is 58.4 Å². The number of carbonyl (C=O) groups excluding carboxylic acids is 6. The van der Waals surface area contributed by atoms with Gasteiger partial charge in [-0.05, 0) is 58.3 Å². The molecule has 2 bridgehead atoms. The molecule has 1 aromatic heterocycles. The van der Waals surface area contributed by atoms with Gasteiger partial charge >= 0.3 is 5.97 Å². The summed E-state index contributed by atoms with van der Waals surface area (Å²) in [6, 6.07) is 29.5. The molecule has 5 atom stereocenters. The lowest BCUT2D eigenvalue weighted by molar-refractivity contribution is -0.149. The molecule has 0 fully saturated rings. The number of likely N-dealkylation sites (N-methyl/N-ethyl adjacent to an activating group) is 1. The monoisotopic (exact) mass is 856 g/mol. The molecule has 62 heavy (non-hydrogen) atoms. The molecule has 6 N–H and O–H groups in total.